The van der Waals surface area contributed by atoms with Crippen molar-refractivity contribution in [2.75, 3.05) is 23.3 Å². The zero-order chi connectivity index (χ0) is 18.7. The fourth-order valence-corrected chi connectivity index (χ4v) is 3.70. The number of benzene rings is 2. The highest BCUT2D eigenvalue weighted by atomic mass is 79.9. The average Bonchev–Trinajstić information content (AvgIpc) is 2.62. The van der Waals surface area contributed by atoms with Crippen LogP contribution in [-0.2, 0) is 0 Å². The molecular weight excluding hydrogens is 422 g/mol. The first kappa shape index (κ1) is 18.7. The lowest BCUT2D eigenvalue weighted by atomic mass is 10.1. The Labute approximate surface area is 164 Å². The monoisotopic (exact) mass is 437 g/mol. The lowest BCUT2D eigenvalue weighted by Crippen LogP contribution is -2.29. The molecule has 26 heavy (non-hydrogen) atoms. The molecule has 8 heteroatoms. The minimum Gasteiger partial charge on any atom is -0.370 e. The number of anilines is 2. The van der Waals surface area contributed by atoms with Crippen molar-refractivity contribution >= 4 is 50.5 Å². The van der Waals surface area contributed by atoms with Gasteiger partial charge in [0.1, 0.15) is 0 Å². The predicted octanol–water partition coefficient (Wildman–Crippen LogP) is 5.25. The van der Waals surface area contributed by atoms with E-state index in [0.717, 1.165) is 31.6 Å². The summed E-state index contributed by atoms with van der Waals surface area (Å²) in [6, 6.07) is 9.45. The van der Waals surface area contributed by atoms with E-state index < -0.39 is 10.8 Å². The highest BCUT2D eigenvalue weighted by molar-refractivity contribution is 9.10. The molecule has 1 heterocycles. The molecule has 0 saturated carbocycles. The van der Waals surface area contributed by atoms with Gasteiger partial charge in [0.2, 0.25) is 0 Å². The largest absolute Gasteiger partial charge is 0.370 e. The molecule has 3 rings (SSSR count). The van der Waals surface area contributed by atoms with E-state index >= 15 is 0 Å². The minimum atomic E-state index is -0.534. The van der Waals surface area contributed by atoms with Crippen LogP contribution in [0.3, 0.4) is 0 Å². The Morgan fingerprint density at radius 1 is 1.15 bits per heavy atom. The lowest BCUT2D eigenvalue weighted by molar-refractivity contribution is -0.384. The fourth-order valence-electron chi connectivity index (χ4n) is 2.98. The summed E-state index contributed by atoms with van der Waals surface area (Å²) in [6.07, 6.45) is 3.53. The quantitative estimate of drug-likeness (QED) is 0.522. The van der Waals surface area contributed by atoms with Gasteiger partial charge in [-0.2, -0.15) is 0 Å². The van der Waals surface area contributed by atoms with Crippen LogP contribution in [0.4, 0.5) is 17.1 Å². The van der Waals surface area contributed by atoms with E-state index in [9.17, 15) is 14.9 Å². The number of nitro groups is 1. The van der Waals surface area contributed by atoms with Gasteiger partial charge in [-0.1, -0.05) is 11.6 Å². The summed E-state index contributed by atoms with van der Waals surface area (Å²) in [5, 5.41) is 14.2. The van der Waals surface area contributed by atoms with Gasteiger partial charge in [0.25, 0.3) is 11.6 Å². The topological polar surface area (TPSA) is 75.5 Å². The number of nitrogens with zero attached hydrogens (tertiary/aromatic N) is 2. The Kier molecular flexibility index (Phi) is 5.78. The van der Waals surface area contributed by atoms with Gasteiger partial charge in [0, 0.05) is 35.4 Å². The molecule has 1 aliphatic rings. The summed E-state index contributed by atoms with van der Waals surface area (Å²) >= 11 is 9.65. The second kappa shape index (κ2) is 8.05. The zero-order valence-corrected chi connectivity index (χ0v) is 16.2. The third kappa shape index (κ3) is 4.16. The number of nitrogens with one attached hydrogen (secondary N) is 1. The van der Waals surface area contributed by atoms with Crippen molar-refractivity contribution in [3.63, 3.8) is 0 Å². The van der Waals surface area contributed by atoms with Crippen LogP contribution < -0.4 is 10.2 Å². The van der Waals surface area contributed by atoms with Gasteiger partial charge in [-0.3, -0.25) is 14.9 Å². The lowest BCUT2D eigenvalue weighted by Gasteiger charge is -2.29. The van der Waals surface area contributed by atoms with Gasteiger partial charge < -0.3 is 10.2 Å². The van der Waals surface area contributed by atoms with Crippen LogP contribution in [0, 0.1) is 10.1 Å². The number of halogens is 2. The molecule has 1 fully saturated rings. The molecule has 2 aromatic rings. The van der Waals surface area contributed by atoms with E-state index in [1.165, 1.54) is 24.6 Å². The maximum absolute atomic E-state index is 12.5. The van der Waals surface area contributed by atoms with E-state index in [-0.39, 0.29) is 11.3 Å². The molecule has 0 unspecified atom stereocenters. The van der Waals surface area contributed by atoms with Gasteiger partial charge in [-0.15, -0.1) is 0 Å². The number of hydrogen-bond acceptors (Lipinski definition) is 4. The van der Waals surface area contributed by atoms with E-state index in [0.29, 0.717) is 15.2 Å². The Morgan fingerprint density at radius 2 is 1.88 bits per heavy atom. The Balaban J connectivity index is 1.78. The maximum Gasteiger partial charge on any atom is 0.270 e. The van der Waals surface area contributed by atoms with Crippen molar-refractivity contribution in [3.05, 3.63) is 61.6 Å². The summed E-state index contributed by atoms with van der Waals surface area (Å²) < 4.78 is 0.483. The molecule has 2 aromatic carbocycles. The summed E-state index contributed by atoms with van der Waals surface area (Å²) in [4.78, 5) is 25.1. The Bertz CT molecular complexity index is 854. The molecule has 1 amide bonds. The van der Waals surface area contributed by atoms with Crippen LogP contribution in [0.25, 0.3) is 0 Å². The Morgan fingerprint density at radius 3 is 2.54 bits per heavy atom. The molecule has 1 aliphatic heterocycles. The summed E-state index contributed by atoms with van der Waals surface area (Å²) in [5.41, 5.74) is 1.55. The summed E-state index contributed by atoms with van der Waals surface area (Å²) in [7, 11) is 0. The van der Waals surface area contributed by atoms with Gasteiger partial charge in [-0.25, -0.2) is 0 Å². The molecule has 136 valence electrons. The van der Waals surface area contributed by atoms with Gasteiger partial charge in [0.05, 0.1) is 21.2 Å². The summed E-state index contributed by atoms with van der Waals surface area (Å²) in [6.45, 7) is 1.96. The smallest absolute Gasteiger partial charge is 0.270 e. The molecule has 0 aliphatic carbocycles. The standard InChI is InChI=1S/C18H17BrClN3O3/c19-15-6-5-13(23(25)26)11-14(15)18(24)21-12-4-7-17(16(20)10-12)22-8-2-1-3-9-22/h4-7,10-11H,1-3,8-9H2,(H,21,24). The number of carbonyl (C=O) groups excluding carboxylic acids is 1. The number of non-ortho nitro benzene ring substituents is 1. The van der Waals surface area contributed by atoms with Crippen LogP contribution in [0.15, 0.2) is 40.9 Å². The number of amides is 1. The van der Waals surface area contributed by atoms with Crippen molar-refractivity contribution in [3.8, 4) is 0 Å². The average molecular weight is 439 g/mol. The van der Waals surface area contributed by atoms with Crippen molar-refractivity contribution in [1.82, 2.24) is 0 Å². The van der Waals surface area contributed by atoms with Crippen molar-refractivity contribution in [1.29, 1.82) is 0 Å². The first-order chi connectivity index (χ1) is 12.5. The highest BCUT2D eigenvalue weighted by Gasteiger charge is 2.17. The summed E-state index contributed by atoms with van der Waals surface area (Å²) in [5.74, 6) is -0.442. The van der Waals surface area contributed by atoms with E-state index in [1.54, 1.807) is 12.1 Å². The predicted molar refractivity (Wildman–Crippen MR) is 106 cm³/mol. The normalized spacial score (nSPS) is 14.2. The molecule has 6 nitrogen and oxygen atoms in total. The SMILES string of the molecule is O=C(Nc1ccc(N2CCCCC2)c(Cl)c1)c1cc([N+](=O)[O-])ccc1Br. The third-order valence-corrected chi connectivity index (χ3v) is 5.30. The van der Waals surface area contributed by atoms with E-state index in [1.807, 2.05) is 6.07 Å². The maximum atomic E-state index is 12.5. The first-order valence-electron chi connectivity index (χ1n) is 8.25. The molecule has 0 spiro atoms. The number of carbonyl (C=O) groups is 1. The molecule has 1 saturated heterocycles. The van der Waals surface area contributed by atoms with E-state index in [2.05, 4.69) is 26.1 Å². The van der Waals surface area contributed by atoms with Crippen molar-refractivity contribution < 1.29 is 9.72 Å². The highest BCUT2D eigenvalue weighted by Crippen LogP contribution is 2.31. The number of piperidine rings is 1. The van der Waals surface area contributed by atoms with Crippen LogP contribution in [0.1, 0.15) is 29.6 Å². The second-order valence-corrected chi connectivity index (χ2v) is 7.35. The fraction of sp³-hybridized carbons (Fsp3) is 0.278. The molecule has 0 radical (unpaired) electrons. The number of nitro benzene ring substituents is 1. The molecular formula is C18H17BrClN3O3. The minimum absolute atomic E-state index is 0.142. The molecule has 0 bridgehead atoms. The van der Waals surface area contributed by atoms with Crippen molar-refractivity contribution in [2.45, 2.75) is 19.3 Å². The molecule has 1 N–H and O–H groups in total. The van der Waals surface area contributed by atoms with Gasteiger partial charge >= 0.3 is 0 Å². The zero-order valence-electron chi connectivity index (χ0n) is 13.9. The first-order valence-corrected chi connectivity index (χ1v) is 9.42. The second-order valence-electron chi connectivity index (χ2n) is 6.09. The molecule has 0 atom stereocenters. The van der Waals surface area contributed by atoms with Gasteiger partial charge in [0.15, 0.2) is 0 Å². The number of hydrogen-bond donors (Lipinski definition) is 1. The Hall–Kier alpha value is -2.12. The van der Waals surface area contributed by atoms with Crippen LogP contribution >= 0.6 is 27.5 Å². The van der Waals surface area contributed by atoms with Gasteiger partial charge in [-0.05, 0) is 59.5 Å². The van der Waals surface area contributed by atoms with Crippen LogP contribution in [-0.4, -0.2) is 23.9 Å². The molecule has 0 aromatic heterocycles. The van der Waals surface area contributed by atoms with Crippen LogP contribution in [0.5, 0.6) is 0 Å². The number of rotatable bonds is 4. The van der Waals surface area contributed by atoms with Crippen molar-refractivity contribution in [2.24, 2.45) is 0 Å². The van der Waals surface area contributed by atoms with E-state index in [4.69, 9.17) is 11.6 Å². The third-order valence-electron chi connectivity index (χ3n) is 4.31. The van der Waals surface area contributed by atoms with Crippen LogP contribution in [0.2, 0.25) is 5.02 Å².